The van der Waals surface area contributed by atoms with E-state index < -0.39 is 0 Å². The van der Waals surface area contributed by atoms with Crippen molar-refractivity contribution in [3.05, 3.63) is 58.1 Å². The van der Waals surface area contributed by atoms with Crippen molar-refractivity contribution in [1.29, 1.82) is 0 Å². The van der Waals surface area contributed by atoms with Gasteiger partial charge in [0.05, 0.1) is 18.6 Å². The molecule has 1 unspecified atom stereocenters. The number of ether oxygens (including phenoxy) is 2. The summed E-state index contributed by atoms with van der Waals surface area (Å²) in [5.74, 6) is 1.48. The highest BCUT2D eigenvalue weighted by Crippen LogP contribution is 2.38. The summed E-state index contributed by atoms with van der Waals surface area (Å²) < 4.78 is 12.2. The van der Waals surface area contributed by atoms with Crippen molar-refractivity contribution in [3.63, 3.8) is 0 Å². The minimum absolute atomic E-state index is 0.240. The van der Waals surface area contributed by atoms with Crippen LogP contribution < -0.4 is 9.47 Å². The normalized spacial score (nSPS) is 12.0. The monoisotopic (exact) mass is 368 g/mol. The predicted molar refractivity (Wildman–Crippen MR) is 90.6 cm³/mol. The fourth-order valence-electron chi connectivity index (χ4n) is 2.09. The van der Waals surface area contributed by atoms with Gasteiger partial charge < -0.3 is 9.47 Å². The van der Waals surface area contributed by atoms with Crippen LogP contribution in [-0.2, 0) is 0 Å². The van der Waals surface area contributed by atoms with Crippen LogP contribution in [-0.4, -0.2) is 13.2 Å². The quantitative estimate of drug-likeness (QED) is 0.619. The Hall–Kier alpha value is -1.19. The van der Waals surface area contributed by atoms with Crippen molar-refractivity contribution in [2.45, 2.75) is 19.2 Å². The van der Waals surface area contributed by atoms with E-state index in [0.717, 1.165) is 27.1 Å². The number of benzene rings is 2. The Balaban J connectivity index is 2.35. The van der Waals surface area contributed by atoms with Gasteiger partial charge in [-0.15, -0.1) is 11.6 Å². The van der Waals surface area contributed by atoms with Gasteiger partial charge in [0.15, 0.2) is 11.5 Å². The average molecular weight is 370 g/mol. The van der Waals surface area contributed by atoms with Gasteiger partial charge in [-0.1, -0.05) is 40.2 Å². The zero-order chi connectivity index (χ0) is 15.2. The van der Waals surface area contributed by atoms with Crippen LogP contribution in [0.4, 0.5) is 0 Å². The first-order valence-electron chi connectivity index (χ1n) is 6.95. The third-order valence-corrected chi connectivity index (χ3v) is 4.25. The SMILES string of the molecule is CCOc1ccc(C(Cl)c2ccccc2Br)cc1OCC. The van der Waals surface area contributed by atoms with E-state index >= 15 is 0 Å². The first kappa shape index (κ1) is 16.2. The van der Waals surface area contributed by atoms with E-state index in [0.29, 0.717) is 13.2 Å². The van der Waals surface area contributed by atoms with E-state index in [1.165, 1.54) is 0 Å². The maximum atomic E-state index is 6.61. The molecule has 0 aliphatic heterocycles. The maximum Gasteiger partial charge on any atom is 0.161 e. The van der Waals surface area contributed by atoms with E-state index in [2.05, 4.69) is 15.9 Å². The first-order chi connectivity index (χ1) is 10.2. The molecular weight excluding hydrogens is 352 g/mol. The number of hydrogen-bond acceptors (Lipinski definition) is 2. The van der Waals surface area contributed by atoms with Gasteiger partial charge in [0.2, 0.25) is 0 Å². The Morgan fingerprint density at radius 1 is 1.00 bits per heavy atom. The molecule has 112 valence electrons. The maximum absolute atomic E-state index is 6.61. The molecule has 0 saturated heterocycles. The van der Waals surface area contributed by atoms with Crippen molar-refractivity contribution >= 4 is 27.5 Å². The van der Waals surface area contributed by atoms with E-state index in [9.17, 15) is 0 Å². The summed E-state index contributed by atoms with van der Waals surface area (Å²) in [7, 11) is 0. The van der Waals surface area contributed by atoms with Crippen LogP contribution in [0.5, 0.6) is 11.5 Å². The lowest BCUT2D eigenvalue weighted by molar-refractivity contribution is 0.287. The highest BCUT2D eigenvalue weighted by atomic mass is 79.9. The smallest absolute Gasteiger partial charge is 0.161 e. The minimum atomic E-state index is -0.240. The second kappa shape index (κ2) is 7.71. The predicted octanol–water partition coefficient (Wildman–Crippen LogP) is 5.57. The molecule has 0 amide bonds. The molecule has 1 atom stereocenters. The molecule has 0 spiro atoms. The molecule has 0 aromatic heterocycles. The molecule has 2 rings (SSSR count). The van der Waals surface area contributed by atoms with Crippen LogP contribution in [0.15, 0.2) is 46.9 Å². The lowest BCUT2D eigenvalue weighted by Gasteiger charge is -2.16. The van der Waals surface area contributed by atoms with Crippen molar-refractivity contribution in [2.24, 2.45) is 0 Å². The van der Waals surface area contributed by atoms with Crippen LogP contribution in [0.3, 0.4) is 0 Å². The Bertz CT molecular complexity index is 601. The largest absolute Gasteiger partial charge is 0.490 e. The minimum Gasteiger partial charge on any atom is -0.490 e. The molecule has 0 saturated carbocycles. The van der Waals surface area contributed by atoms with Crippen LogP contribution in [0.1, 0.15) is 30.4 Å². The lowest BCUT2D eigenvalue weighted by Crippen LogP contribution is -2.01. The molecule has 0 bridgehead atoms. The molecule has 0 N–H and O–H groups in total. The molecule has 4 heteroatoms. The second-order valence-corrected chi connectivity index (χ2v) is 5.75. The van der Waals surface area contributed by atoms with Crippen LogP contribution in [0.2, 0.25) is 0 Å². The van der Waals surface area contributed by atoms with Crippen molar-refractivity contribution in [3.8, 4) is 11.5 Å². The van der Waals surface area contributed by atoms with Gasteiger partial charge in [-0.05, 0) is 43.2 Å². The Kier molecular flexibility index (Phi) is 5.95. The average Bonchev–Trinajstić information content (AvgIpc) is 2.49. The summed E-state index contributed by atoms with van der Waals surface area (Å²) in [4.78, 5) is 0. The molecule has 0 aliphatic rings. The van der Waals surface area contributed by atoms with Crippen LogP contribution in [0.25, 0.3) is 0 Å². The van der Waals surface area contributed by atoms with E-state index in [1.807, 2.05) is 56.3 Å². The van der Waals surface area contributed by atoms with Crippen molar-refractivity contribution in [1.82, 2.24) is 0 Å². The molecule has 0 heterocycles. The zero-order valence-electron chi connectivity index (χ0n) is 12.1. The Labute approximate surface area is 139 Å². The fraction of sp³-hybridized carbons (Fsp3) is 0.294. The molecular formula is C17H18BrClO2. The fourth-order valence-corrected chi connectivity index (χ4v) is 3.06. The van der Waals surface area contributed by atoms with E-state index in [-0.39, 0.29) is 5.38 Å². The molecule has 2 nitrogen and oxygen atoms in total. The van der Waals surface area contributed by atoms with Gasteiger partial charge in [0, 0.05) is 4.47 Å². The highest BCUT2D eigenvalue weighted by Gasteiger charge is 2.16. The molecule has 2 aromatic rings. The molecule has 0 radical (unpaired) electrons. The topological polar surface area (TPSA) is 18.5 Å². The third kappa shape index (κ3) is 3.92. The third-order valence-electron chi connectivity index (χ3n) is 3.04. The van der Waals surface area contributed by atoms with Gasteiger partial charge in [-0.2, -0.15) is 0 Å². The van der Waals surface area contributed by atoms with Crippen molar-refractivity contribution in [2.75, 3.05) is 13.2 Å². The van der Waals surface area contributed by atoms with E-state index in [4.69, 9.17) is 21.1 Å². The van der Waals surface area contributed by atoms with Gasteiger partial charge in [0.25, 0.3) is 0 Å². The van der Waals surface area contributed by atoms with Gasteiger partial charge in [-0.25, -0.2) is 0 Å². The molecule has 2 aromatic carbocycles. The summed E-state index contributed by atoms with van der Waals surface area (Å²) in [5.41, 5.74) is 2.02. The lowest BCUT2D eigenvalue weighted by atomic mass is 10.0. The Morgan fingerprint density at radius 2 is 1.67 bits per heavy atom. The molecule has 0 fully saturated rings. The Morgan fingerprint density at radius 3 is 2.33 bits per heavy atom. The van der Waals surface area contributed by atoms with Crippen molar-refractivity contribution < 1.29 is 9.47 Å². The first-order valence-corrected chi connectivity index (χ1v) is 8.18. The number of rotatable bonds is 6. The second-order valence-electron chi connectivity index (χ2n) is 4.46. The summed E-state index contributed by atoms with van der Waals surface area (Å²) >= 11 is 10.2. The molecule has 0 aliphatic carbocycles. The number of hydrogen-bond donors (Lipinski definition) is 0. The summed E-state index contributed by atoms with van der Waals surface area (Å²) in [6.45, 7) is 5.10. The summed E-state index contributed by atoms with van der Waals surface area (Å²) in [6.07, 6.45) is 0. The van der Waals surface area contributed by atoms with Crippen LogP contribution >= 0.6 is 27.5 Å². The van der Waals surface area contributed by atoms with Gasteiger partial charge in [0.1, 0.15) is 0 Å². The highest BCUT2D eigenvalue weighted by molar-refractivity contribution is 9.10. The standard InChI is InChI=1S/C17H18BrClO2/c1-3-20-15-10-9-12(11-16(15)21-4-2)17(19)13-7-5-6-8-14(13)18/h5-11,17H,3-4H2,1-2H3. The van der Waals surface area contributed by atoms with Gasteiger partial charge in [-0.3, -0.25) is 0 Å². The number of halogens is 2. The zero-order valence-corrected chi connectivity index (χ0v) is 14.4. The number of alkyl halides is 1. The molecule has 21 heavy (non-hydrogen) atoms. The van der Waals surface area contributed by atoms with Crippen LogP contribution in [0, 0.1) is 0 Å². The van der Waals surface area contributed by atoms with Gasteiger partial charge >= 0.3 is 0 Å². The summed E-state index contributed by atoms with van der Waals surface area (Å²) in [6, 6.07) is 13.8. The van der Waals surface area contributed by atoms with E-state index in [1.54, 1.807) is 0 Å². The summed E-state index contributed by atoms with van der Waals surface area (Å²) in [5, 5.41) is -0.240.